The van der Waals surface area contributed by atoms with E-state index in [9.17, 15) is 9.90 Å². The van der Waals surface area contributed by atoms with Crippen LogP contribution in [0.4, 0.5) is 0 Å². The van der Waals surface area contributed by atoms with Crippen LogP contribution in [0.1, 0.15) is 11.6 Å². The number of ether oxygens (including phenoxy) is 1. The van der Waals surface area contributed by atoms with Crippen LogP contribution in [-0.4, -0.2) is 34.4 Å². The van der Waals surface area contributed by atoms with E-state index in [0.717, 1.165) is 0 Å². The Morgan fingerprint density at radius 1 is 1.60 bits per heavy atom. The number of methoxy groups -OCH3 is 1. The quantitative estimate of drug-likeness (QED) is 0.623. The molecule has 1 heterocycles. The number of pyridine rings is 1. The van der Waals surface area contributed by atoms with Gasteiger partial charge in [-0.2, -0.15) is 0 Å². The van der Waals surface area contributed by atoms with Crippen molar-refractivity contribution in [3.8, 4) is 5.88 Å². The summed E-state index contributed by atoms with van der Waals surface area (Å²) in [5.41, 5.74) is 5.96. The van der Waals surface area contributed by atoms with Crippen molar-refractivity contribution in [2.45, 2.75) is 12.1 Å². The van der Waals surface area contributed by atoms with E-state index in [2.05, 4.69) is 4.98 Å². The smallest absolute Gasteiger partial charge is 0.334 e. The summed E-state index contributed by atoms with van der Waals surface area (Å²) in [7, 11) is 1.47. The summed E-state index contributed by atoms with van der Waals surface area (Å²) in [6, 6.07) is 2.10. The van der Waals surface area contributed by atoms with E-state index in [1.165, 1.54) is 13.3 Å². The fourth-order valence-corrected chi connectivity index (χ4v) is 1.05. The van der Waals surface area contributed by atoms with Crippen molar-refractivity contribution in [3.63, 3.8) is 0 Å². The Balaban J connectivity index is 2.82. The molecule has 6 heteroatoms. The number of carboxylic acids is 1. The minimum atomic E-state index is -1.64. The molecule has 0 bridgehead atoms. The minimum absolute atomic E-state index is 0.399. The highest BCUT2D eigenvalue weighted by molar-refractivity contribution is 5.73. The number of aromatic nitrogens is 1. The Bertz CT molecular complexity index is 338. The Labute approximate surface area is 86.3 Å². The monoisotopic (exact) mass is 212 g/mol. The van der Waals surface area contributed by atoms with Gasteiger partial charge in [0, 0.05) is 12.3 Å². The third-order valence-electron chi connectivity index (χ3n) is 1.95. The minimum Gasteiger partial charge on any atom is -0.481 e. The second kappa shape index (κ2) is 4.72. The predicted molar refractivity (Wildman–Crippen MR) is 51.4 cm³/mol. The van der Waals surface area contributed by atoms with Crippen LogP contribution in [0.3, 0.4) is 0 Å². The molecule has 0 unspecified atom stereocenters. The van der Waals surface area contributed by atoms with Crippen molar-refractivity contribution in [2.75, 3.05) is 7.11 Å². The fourth-order valence-electron chi connectivity index (χ4n) is 1.05. The van der Waals surface area contributed by atoms with E-state index >= 15 is 0 Å². The first-order valence-electron chi connectivity index (χ1n) is 4.22. The van der Waals surface area contributed by atoms with E-state index in [4.69, 9.17) is 15.6 Å². The average molecular weight is 212 g/mol. The first kappa shape index (κ1) is 11.4. The summed E-state index contributed by atoms with van der Waals surface area (Å²) in [6.07, 6.45) is -0.268. The first-order chi connectivity index (χ1) is 7.06. The van der Waals surface area contributed by atoms with Gasteiger partial charge < -0.3 is 20.7 Å². The number of rotatable bonds is 4. The van der Waals surface area contributed by atoms with Gasteiger partial charge in [0.1, 0.15) is 0 Å². The van der Waals surface area contributed by atoms with Crippen molar-refractivity contribution >= 4 is 5.97 Å². The van der Waals surface area contributed by atoms with Gasteiger partial charge in [0.15, 0.2) is 6.10 Å². The maximum absolute atomic E-state index is 10.5. The van der Waals surface area contributed by atoms with Gasteiger partial charge in [0.05, 0.1) is 13.2 Å². The maximum Gasteiger partial charge on any atom is 0.334 e. The van der Waals surface area contributed by atoms with Crippen molar-refractivity contribution in [1.82, 2.24) is 4.98 Å². The molecule has 1 rings (SSSR count). The molecule has 0 aliphatic rings. The van der Waals surface area contributed by atoms with Crippen molar-refractivity contribution < 1.29 is 19.7 Å². The van der Waals surface area contributed by atoms with Crippen LogP contribution in [0.5, 0.6) is 5.88 Å². The Morgan fingerprint density at radius 2 is 2.27 bits per heavy atom. The summed E-state index contributed by atoms with van der Waals surface area (Å²) in [5, 5.41) is 17.7. The summed E-state index contributed by atoms with van der Waals surface area (Å²) >= 11 is 0. The highest BCUT2D eigenvalue weighted by Crippen LogP contribution is 2.15. The molecular formula is C9H12N2O4. The summed E-state index contributed by atoms with van der Waals surface area (Å²) in [4.78, 5) is 14.3. The zero-order chi connectivity index (χ0) is 11.4. The molecule has 0 fully saturated rings. The summed E-state index contributed by atoms with van der Waals surface area (Å²) < 4.78 is 4.83. The van der Waals surface area contributed by atoms with Gasteiger partial charge in [0.2, 0.25) is 5.88 Å². The molecule has 1 aromatic heterocycles. The van der Waals surface area contributed by atoms with Crippen LogP contribution in [0.2, 0.25) is 0 Å². The van der Waals surface area contributed by atoms with Gasteiger partial charge in [-0.05, 0) is 5.56 Å². The molecule has 0 radical (unpaired) electrons. The third kappa shape index (κ3) is 2.64. The van der Waals surface area contributed by atoms with E-state index < -0.39 is 18.1 Å². The van der Waals surface area contributed by atoms with Gasteiger partial charge in [-0.3, -0.25) is 0 Å². The number of hydrogen-bond donors (Lipinski definition) is 3. The first-order valence-corrected chi connectivity index (χ1v) is 4.22. The van der Waals surface area contributed by atoms with Crippen LogP contribution in [0.15, 0.2) is 18.3 Å². The zero-order valence-electron chi connectivity index (χ0n) is 8.12. The molecule has 0 aliphatic heterocycles. The standard InChI is InChI=1S/C9H12N2O4/c1-15-6-3-2-5(4-11-6)7(10)8(12)9(13)14/h2-4,7-8,12H,10H2,1H3,(H,13,14)/t7-,8-/m0/s1. The number of hydrogen-bond acceptors (Lipinski definition) is 5. The number of aliphatic hydroxyl groups is 1. The van der Waals surface area contributed by atoms with Gasteiger partial charge >= 0.3 is 5.97 Å². The van der Waals surface area contributed by atoms with Crippen LogP contribution in [0, 0.1) is 0 Å². The molecule has 2 atom stereocenters. The zero-order valence-corrected chi connectivity index (χ0v) is 8.12. The van der Waals surface area contributed by atoms with Crippen molar-refractivity contribution in [2.24, 2.45) is 5.73 Å². The van der Waals surface area contributed by atoms with Gasteiger partial charge in [-0.25, -0.2) is 9.78 Å². The SMILES string of the molecule is COc1ccc([C@H](N)[C@H](O)C(=O)O)cn1. The molecule has 0 saturated heterocycles. The topological polar surface area (TPSA) is 106 Å². The fraction of sp³-hybridized carbons (Fsp3) is 0.333. The molecule has 0 saturated carbocycles. The molecule has 15 heavy (non-hydrogen) atoms. The molecule has 0 spiro atoms. The maximum atomic E-state index is 10.5. The number of nitrogens with two attached hydrogens (primary N) is 1. The summed E-state index contributed by atoms with van der Waals surface area (Å²) in [5.74, 6) is -0.964. The lowest BCUT2D eigenvalue weighted by atomic mass is 10.0. The van der Waals surface area contributed by atoms with Gasteiger partial charge in [0.25, 0.3) is 0 Å². The molecular weight excluding hydrogens is 200 g/mol. The van der Waals surface area contributed by atoms with Crippen LogP contribution < -0.4 is 10.5 Å². The van der Waals surface area contributed by atoms with E-state index in [1.54, 1.807) is 12.1 Å². The largest absolute Gasteiger partial charge is 0.481 e. The highest BCUT2D eigenvalue weighted by Gasteiger charge is 2.23. The number of carboxylic acid groups (broad SMARTS) is 1. The molecule has 0 aromatic carbocycles. The van der Waals surface area contributed by atoms with Crippen LogP contribution in [0.25, 0.3) is 0 Å². The van der Waals surface area contributed by atoms with E-state index in [0.29, 0.717) is 11.4 Å². The molecule has 0 aliphatic carbocycles. The number of aliphatic hydroxyl groups excluding tert-OH is 1. The highest BCUT2D eigenvalue weighted by atomic mass is 16.5. The van der Waals surface area contributed by atoms with Gasteiger partial charge in [-0.15, -0.1) is 0 Å². The Kier molecular flexibility index (Phi) is 3.59. The molecule has 1 aromatic rings. The average Bonchev–Trinajstić information content (AvgIpc) is 2.27. The summed E-state index contributed by atoms with van der Waals surface area (Å²) in [6.45, 7) is 0. The Morgan fingerprint density at radius 3 is 2.67 bits per heavy atom. The number of nitrogens with zero attached hydrogens (tertiary/aromatic N) is 1. The molecule has 82 valence electrons. The van der Waals surface area contributed by atoms with E-state index in [1.807, 2.05) is 0 Å². The van der Waals surface area contributed by atoms with Gasteiger partial charge in [-0.1, -0.05) is 6.07 Å². The van der Waals surface area contributed by atoms with Crippen LogP contribution >= 0.6 is 0 Å². The van der Waals surface area contributed by atoms with Crippen molar-refractivity contribution in [1.29, 1.82) is 0 Å². The van der Waals surface area contributed by atoms with Crippen LogP contribution in [-0.2, 0) is 4.79 Å². The lowest BCUT2D eigenvalue weighted by molar-refractivity contribution is -0.147. The Hall–Kier alpha value is -1.66. The molecule has 0 amide bonds. The van der Waals surface area contributed by atoms with E-state index in [-0.39, 0.29) is 0 Å². The molecule has 4 N–H and O–H groups in total. The third-order valence-corrected chi connectivity index (χ3v) is 1.95. The second-order valence-corrected chi connectivity index (χ2v) is 2.94. The number of aliphatic carboxylic acids is 1. The lowest BCUT2D eigenvalue weighted by Gasteiger charge is -2.14. The predicted octanol–water partition coefficient (Wildman–Crippen LogP) is -0.465. The normalized spacial score (nSPS) is 14.3. The van der Waals surface area contributed by atoms with Crippen molar-refractivity contribution in [3.05, 3.63) is 23.9 Å². The molecule has 6 nitrogen and oxygen atoms in total. The lowest BCUT2D eigenvalue weighted by Crippen LogP contribution is -2.33. The second-order valence-electron chi connectivity index (χ2n) is 2.94. The number of carbonyl (C=O) groups is 1.